The number of hydrogen-bond donors (Lipinski definition) is 2. The molecular weight excluding hydrogens is 449 g/mol. The number of carboxylic acid groups (broad SMARTS) is 1. The number of benzene rings is 2. The summed E-state index contributed by atoms with van der Waals surface area (Å²) in [6, 6.07) is 10.9. The van der Waals surface area contributed by atoms with Gasteiger partial charge in [0.2, 0.25) is 5.91 Å². The van der Waals surface area contributed by atoms with E-state index in [-0.39, 0.29) is 35.8 Å². The van der Waals surface area contributed by atoms with E-state index < -0.39 is 23.2 Å². The Balaban J connectivity index is 1.54. The SMILES string of the molecule is CC(NC(=O)CC(C)(C)N1CC[C@@H](Oc2cccc(C(F)(F)F)c2)C1)c1ccc(C(=O)O)cc1. The molecule has 2 N–H and O–H groups in total. The van der Waals surface area contributed by atoms with Crippen LogP contribution >= 0.6 is 0 Å². The molecule has 2 atom stereocenters. The fourth-order valence-electron chi connectivity index (χ4n) is 4.11. The lowest BCUT2D eigenvalue weighted by molar-refractivity contribution is -0.137. The minimum atomic E-state index is -4.42. The summed E-state index contributed by atoms with van der Waals surface area (Å²) < 4.78 is 44.6. The molecule has 1 saturated heterocycles. The monoisotopic (exact) mass is 478 g/mol. The van der Waals surface area contributed by atoms with Gasteiger partial charge in [0.15, 0.2) is 0 Å². The first-order valence-corrected chi connectivity index (χ1v) is 11.1. The summed E-state index contributed by atoms with van der Waals surface area (Å²) in [5.41, 5.74) is -0.252. The van der Waals surface area contributed by atoms with Crippen molar-refractivity contribution >= 4 is 11.9 Å². The van der Waals surface area contributed by atoms with Crippen LogP contribution in [-0.2, 0) is 11.0 Å². The van der Waals surface area contributed by atoms with Gasteiger partial charge in [-0.2, -0.15) is 13.2 Å². The van der Waals surface area contributed by atoms with Crippen LogP contribution in [0.1, 0.15) is 61.1 Å². The molecule has 1 heterocycles. The zero-order chi connectivity index (χ0) is 25.1. The topological polar surface area (TPSA) is 78.9 Å². The standard InChI is InChI=1S/C25H29F3N2O4/c1-16(17-7-9-18(10-8-17)23(32)33)29-22(31)14-24(2,3)30-12-11-21(15-30)34-20-6-4-5-19(13-20)25(26,27)28/h4-10,13,16,21H,11-12,14-15H2,1-3H3,(H,29,31)(H,32,33)/t16?,21-/m1/s1. The highest BCUT2D eigenvalue weighted by atomic mass is 19.4. The molecule has 1 fully saturated rings. The van der Waals surface area contributed by atoms with Crippen LogP contribution in [0.2, 0.25) is 0 Å². The number of ether oxygens (including phenoxy) is 1. The van der Waals surface area contributed by atoms with Gasteiger partial charge in [0, 0.05) is 25.0 Å². The molecule has 0 spiro atoms. The van der Waals surface area contributed by atoms with Crippen molar-refractivity contribution in [1.29, 1.82) is 0 Å². The Morgan fingerprint density at radius 1 is 1.18 bits per heavy atom. The predicted molar refractivity (Wildman–Crippen MR) is 121 cm³/mol. The van der Waals surface area contributed by atoms with E-state index in [1.165, 1.54) is 24.3 Å². The number of amides is 1. The number of rotatable bonds is 8. The molecule has 1 aliphatic rings. The fraction of sp³-hybridized carbons (Fsp3) is 0.440. The summed E-state index contributed by atoms with van der Waals surface area (Å²) >= 11 is 0. The summed E-state index contributed by atoms with van der Waals surface area (Å²) in [5, 5.41) is 12.0. The molecule has 0 saturated carbocycles. The summed E-state index contributed by atoms with van der Waals surface area (Å²) in [4.78, 5) is 25.8. The lowest BCUT2D eigenvalue weighted by Crippen LogP contribution is -2.46. The average molecular weight is 479 g/mol. The summed E-state index contributed by atoms with van der Waals surface area (Å²) in [6.45, 7) is 6.89. The molecule has 184 valence electrons. The van der Waals surface area contributed by atoms with Crippen molar-refractivity contribution in [3.8, 4) is 5.75 Å². The molecule has 3 rings (SSSR count). The number of aromatic carboxylic acids is 1. The van der Waals surface area contributed by atoms with Gasteiger partial charge in [0.1, 0.15) is 11.9 Å². The Labute approximate surface area is 196 Å². The molecular formula is C25H29F3N2O4. The van der Waals surface area contributed by atoms with Crippen LogP contribution in [0.5, 0.6) is 5.75 Å². The second-order valence-corrected chi connectivity index (χ2v) is 9.21. The second kappa shape index (κ2) is 10.0. The Morgan fingerprint density at radius 3 is 2.47 bits per heavy atom. The summed E-state index contributed by atoms with van der Waals surface area (Å²) in [7, 11) is 0. The van der Waals surface area contributed by atoms with Gasteiger partial charge in [0.25, 0.3) is 0 Å². The maximum absolute atomic E-state index is 12.9. The molecule has 2 aromatic carbocycles. The van der Waals surface area contributed by atoms with E-state index in [9.17, 15) is 22.8 Å². The van der Waals surface area contributed by atoms with Crippen LogP contribution in [0.4, 0.5) is 13.2 Å². The van der Waals surface area contributed by atoms with Crippen LogP contribution in [0.3, 0.4) is 0 Å². The van der Waals surface area contributed by atoms with Crippen LogP contribution in [0, 0.1) is 0 Å². The molecule has 1 amide bonds. The van der Waals surface area contributed by atoms with Crippen LogP contribution in [-0.4, -0.2) is 46.6 Å². The number of nitrogens with one attached hydrogen (secondary N) is 1. The first-order chi connectivity index (χ1) is 15.8. The first-order valence-electron chi connectivity index (χ1n) is 11.1. The second-order valence-electron chi connectivity index (χ2n) is 9.21. The van der Waals surface area contributed by atoms with E-state index in [0.717, 1.165) is 17.7 Å². The molecule has 0 bridgehead atoms. The molecule has 0 aliphatic carbocycles. The highest BCUT2D eigenvalue weighted by molar-refractivity contribution is 5.87. The van der Waals surface area contributed by atoms with E-state index in [1.54, 1.807) is 12.1 Å². The molecule has 1 aliphatic heterocycles. The lowest BCUT2D eigenvalue weighted by atomic mass is 9.97. The fourth-order valence-corrected chi connectivity index (χ4v) is 4.11. The van der Waals surface area contributed by atoms with Crippen LogP contribution < -0.4 is 10.1 Å². The van der Waals surface area contributed by atoms with Gasteiger partial charge in [-0.15, -0.1) is 0 Å². The smallest absolute Gasteiger partial charge is 0.416 e. The molecule has 0 radical (unpaired) electrons. The number of carboxylic acids is 1. The Kier molecular flexibility index (Phi) is 7.55. The van der Waals surface area contributed by atoms with Crippen molar-refractivity contribution in [3.05, 3.63) is 65.2 Å². The van der Waals surface area contributed by atoms with E-state index in [1.807, 2.05) is 20.8 Å². The number of halogens is 3. The molecule has 9 heteroatoms. The number of likely N-dealkylation sites (tertiary alicyclic amines) is 1. The molecule has 34 heavy (non-hydrogen) atoms. The van der Waals surface area contributed by atoms with Crippen molar-refractivity contribution in [1.82, 2.24) is 10.2 Å². The highest BCUT2D eigenvalue weighted by Crippen LogP contribution is 2.33. The van der Waals surface area contributed by atoms with Gasteiger partial charge < -0.3 is 15.2 Å². The van der Waals surface area contributed by atoms with Gasteiger partial charge in [0.05, 0.1) is 17.2 Å². The van der Waals surface area contributed by atoms with E-state index in [2.05, 4.69) is 10.2 Å². The molecule has 2 aromatic rings. The van der Waals surface area contributed by atoms with Gasteiger partial charge in [-0.05, 0) is 63.1 Å². The van der Waals surface area contributed by atoms with Crippen molar-refractivity contribution in [2.75, 3.05) is 13.1 Å². The predicted octanol–water partition coefficient (Wildman–Crippen LogP) is 4.90. The maximum atomic E-state index is 12.9. The largest absolute Gasteiger partial charge is 0.489 e. The number of carbonyl (C=O) groups is 2. The third-order valence-electron chi connectivity index (χ3n) is 6.09. The Bertz CT molecular complexity index is 1020. The zero-order valence-corrected chi connectivity index (χ0v) is 19.4. The number of nitrogens with zero attached hydrogens (tertiary/aromatic N) is 1. The number of alkyl halides is 3. The maximum Gasteiger partial charge on any atom is 0.416 e. The van der Waals surface area contributed by atoms with Gasteiger partial charge in [-0.25, -0.2) is 4.79 Å². The van der Waals surface area contributed by atoms with Crippen LogP contribution in [0.15, 0.2) is 48.5 Å². The van der Waals surface area contributed by atoms with E-state index in [0.29, 0.717) is 19.5 Å². The molecule has 1 unspecified atom stereocenters. The third-order valence-corrected chi connectivity index (χ3v) is 6.09. The van der Waals surface area contributed by atoms with E-state index >= 15 is 0 Å². The molecule has 6 nitrogen and oxygen atoms in total. The molecule has 0 aromatic heterocycles. The minimum absolute atomic E-state index is 0.151. The van der Waals surface area contributed by atoms with Gasteiger partial charge in [-0.3, -0.25) is 9.69 Å². The van der Waals surface area contributed by atoms with Gasteiger partial charge >= 0.3 is 12.1 Å². The number of carbonyl (C=O) groups excluding carboxylic acids is 1. The zero-order valence-electron chi connectivity index (χ0n) is 19.4. The quantitative estimate of drug-likeness (QED) is 0.564. The summed E-state index contributed by atoms with van der Waals surface area (Å²) in [6.07, 6.45) is -3.82. The average Bonchev–Trinajstić information content (AvgIpc) is 3.22. The lowest BCUT2D eigenvalue weighted by Gasteiger charge is -2.35. The van der Waals surface area contributed by atoms with Gasteiger partial charge in [-0.1, -0.05) is 18.2 Å². The Morgan fingerprint density at radius 2 is 1.85 bits per heavy atom. The van der Waals surface area contributed by atoms with Crippen molar-refractivity contribution < 1.29 is 32.6 Å². The van der Waals surface area contributed by atoms with Crippen LogP contribution in [0.25, 0.3) is 0 Å². The number of hydrogen-bond acceptors (Lipinski definition) is 4. The van der Waals surface area contributed by atoms with Crippen molar-refractivity contribution in [2.24, 2.45) is 0 Å². The highest BCUT2D eigenvalue weighted by Gasteiger charge is 2.36. The van der Waals surface area contributed by atoms with Crippen molar-refractivity contribution in [2.45, 2.75) is 57.5 Å². The first kappa shape index (κ1) is 25.6. The third kappa shape index (κ3) is 6.50. The summed E-state index contributed by atoms with van der Waals surface area (Å²) in [5.74, 6) is -0.979. The Hall–Kier alpha value is -3.07. The minimum Gasteiger partial charge on any atom is -0.489 e. The van der Waals surface area contributed by atoms with Crippen molar-refractivity contribution in [3.63, 3.8) is 0 Å². The normalized spacial score (nSPS) is 17.9. The van der Waals surface area contributed by atoms with E-state index in [4.69, 9.17) is 9.84 Å².